The molecule has 3 aromatic rings. The van der Waals surface area contributed by atoms with Crippen LogP contribution >= 0.6 is 0 Å². The molecule has 126 valence electrons. The number of fused-ring (bicyclic) bond motifs is 2. The van der Waals surface area contributed by atoms with E-state index in [0.717, 1.165) is 5.56 Å². The summed E-state index contributed by atoms with van der Waals surface area (Å²) in [7, 11) is -3.86. The van der Waals surface area contributed by atoms with Gasteiger partial charge in [0.05, 0.1) is 4.90 Å². The van der Waals surface area contributed by atoms with E-state index in [2.05, 4.69) is 4.98 Å². The van der Waals surface area contributed by atoms with Crippen LogP contribution in [0.3, 0.4) is 0 Å². The summed E-state index contributed by atoms with van der Waals surface area (Å²) in [6, 6.07) is 13.8. The van der Waals surface area contributed by atoms with Crippen LogP contribution in [0.4, 0.5) is 0 Å². The van der Waals surface area contributed by atoms with Gasteiger partial charge in [-0.15, -0.1) is 0 Å². The molecule has 1 aliphatic rings. The predicted molar refractivity (Wildman–Crippen MR) is 92.5 cm³/mol. The molecule has 0 saturated carbocycles. The second-order valence-corrected chi connectivity index (χ2v) is 7.79. The Hall–Kier alpha value is -2.77. The number of benzene rings is 2. The third-order valence-electron chi connectivity index (χ3n) is 4.44. The van der Waals surface area contributed by atoms with Gasteiger partial charge in [-0.05, 0) is 40.8 Å². The van der Waals surface area contributed by atoms with Crippen LogP contribution in [0.1, 0.15) is 17.2 Å². The van der Waals surface area contributed by atoms with Crippen LogP contribution in [0.15, 0.2) is 64.3 Å². The predicted octanol–water partition coefficient (Wildman–Crippen LogP) is 1.97. The highest BCUT2D eigenvalue weighted by Crippen LogP contribution is 2.36. The maximum Gasteiger partial charge on any atom is 0.248 e. The van der Waals surface area contributed by atoms with Gasteiger partial charge in [0.25, 0.3) is 0 Å². The molecule has 0 radical (unpaired) electrons. The standard InChI is InChI=1S/C18H14N2O4S/c21-11-17-15-4-2-1-3-13(15)10-20(17)25(23,24)14-6-7-16-12(9-14)5-8-18(22)19-16/h1-9,11,17H,10H2,(H,19,22). The summed E-state index contributed by atoms with van der Waals surface area (Å²) >= 11 is 0. The lowest BCUT2D eigenvalue weighted by Crippen LogP contribution is -2.30. The number of sulfonamides is 1. The van der Waals surface area contributed by atoms with Gasteiger partial charge in [0.15, 0.2) is 0 Å². The van der Waals surface area contributed by atoms with Crippen molar-refractivity contribution in [3.63, 3.8) is 0 Å². The Morgan fingerprint density at radius 3 is 2.68 bits per heavy atom. The van der Waals surface area contributed by atoms with Crippen LogP contribution in [0, 0.1) is 0 Å². The van der Waals surface area contributed by atoms with Crippen molar-refractivity contribution in [2.45, 2.75) is 17.5 Å². The van der Waals surface area contributed by atoms with Crippen LogP contribution in [0.25, 0.3) is 10.9 Å². The Labute approximate surface area is 143 Å². The van der Waals surface area contributed by atoms with Gasteiger partial charge in [-0.3, -0.25) is 4.79 Å². The number of aromatic nitrogens is 1. The number of rotatable bonds is 3. The largest absolute Gasteiger partial charge is 0.322 e. The molecule has 1 aliphatic heterocycles. The zero-order valence-electron chi connectivity index (χ0n) is 13.0. The number of hydrogen-bond acceptors (Lipinski definition) is 4. The first-order valence-electron chi connectivity index (χ1n) is 7.69. The van der Waals surface area contributed by atoms with E-state index in [9.17, 15) is 18.0 Å². The Bertz CT molecular complexity index is 1150. The molecule has 7 heteroatoms. The van der Waals surface area contributed by atoms with Gasteiger partial charge < -0.3 is 9.78 Å². The number of aromatic amines is 1. The summed E-state index contributed by atoms with van der Waals surface area (Å²) in [6.07, 6.45) is 0.655. The number of hydrogen-bond donors (Lipinski definition) is 1. The van der Waals surface area contributed by atoms with Gasteiger partial charge >= 0.3 is 0 Å². The van der Waals surface area contributed by atoms with Crippen molar-refractivity contribution < 1.29 is 13.2 Å². The fourth-order valence-corrected chi connectivity index (χ4v) is 4.75. The second-order valence-electron chi connectivity index (χ2n) is 5.90. The number of H-pyrrole nitrogens is 1. The Morgan fingerprint density at radius 2 is 1.88 bits per heavy atom. The average Bonchev–Trinajstić information content (AvgIpc) is 3.00. The Balaban J connectivity index is 1.81. The van der Waals surface area contributed by atoms with E-state index >= 15 is 0 Å². The molecule has 1 unspecified atom stereocenters. The molecule has 2 aromatic carbocycles. The fourth-order valence-electron chi connectivity index (χ4n) is 3.19. The number of carbonyl (C=O) groups excluding carboxylic acids is 1. The molecule has 25 heavy (non-hydrogen) atoms. The van der Waals surface area contributed by atoms with Crippen molar-refractivity contribution in [3.05, 3.63) is 76.1 Å². The van der Waals surface area contributed by atoms with Gasteiger partial charge in [0, 0.05) is 18.1 Å². The zero-order chi connectivity index (χ0) is 17.6. The molecule has 0 bridgehead atoms. The van der Waals surface area contributed by atoms with Gasteiger partial charge in [-0.1, -0.05) is 24.3 Å². The van der Waals surface area contributed by atoms with Crippen LogP contribution < -0.4 is 5.56 Å². The molecule has 0 amide bonds. The van der Waals surface area contributed by atoms with Crippen molar-refractivity contribution >= 4 is 27.2 Å². The highest BCUT2D eigenvalue weighted by molar-refractivity contribution is 7.89. The van der Waals surface area contributed by atoms with Crippen LogP contribution in [0.5, 0.6) is 0 Å². The van der Waals surface area contributed by atoms with E-state index in [1.807, 2.05) is 12.1 Å². The van der Waals surface area contributed by atoms with Crippen molar-refractivity contribution in [1.29, 1.82) is 0 Å². The SMILES string of the molecule is O=CC1c2ccccc2CN1S(=O)(=O)c1ccc2[nH]c(=O)ccc2c1. The highest BCUT2D eigenvalue weighted by Gasteiger charge is 2.38. The van der Waals surface area contributed by atoms with E-state index in [1.165, 1.54) is 22.5 Å². The minimum Gasteiger partial charge on any atom is -0.322 e. The number of nitrogens with one attached hydrogen (secondary N) is 1. The van der Waals surface area contributed by atoms with Crippen LogP contribution in [-0.2, 0) is 21.4 Å². The first-order valence-corrected chi connectivity index (χ1v) is 9.13. The van der Waals surface area contributed by atoms with Crippen LogP contribution in [0.2, 0.25) is 0 Å². The molecule has 0 fully saturated rings. The minimum atomic E-state index is -3.86. The van der Waals surface area contributed by atoms with E-state index in [1.54, 1.807) is 24.3 Å². The lowest BCUT2D eigenvalue weighted by Gasteiger charge is -2.20. The summed E-state index contributed by atoms with van der Waals surface area (Å²) in [6.45, 7) is 0.158. The highest BCUT2D eigenvalue weighted by atomic mass is 32.2. The third-order valence-corrected chi connectivity index (χ3v) is 6.26. The van der Waals surface area contributed by atoms with Gasteiger partial charge in [0.1, 0.15) is 12.3 Å². The summed E-state index contributed by atoms with van der Waals surface area (Å²) in [5.41, 5.74) is 1.85. The van der Waals surface area contributed by atoms with E-state index in [4.69, 9.17) is 0 Å². The van der Waals surface area contributed by atoms with Crippen LogP contribution in [-0.4, -0.2) is 24.0 Å². The number of aldehydes is 1. The van der Waals surface area contributed by atoms with Gasteiger partial charge in [-0.2, -0.15) is 4.31 Å². The molecule has 2 heterocycles. The molecule has 1 aromatic heterocycles. The number of nitrogens with zero attached hydrogens (tertiary/aromatic N) is 1. The van der Waals surface area contributed by atoms with Crippen molar-refractivity contribution in [2.75, 3.05) is 0 Å². The maximum absolute atomic E-state index is 13.1. The molecule has 0 spiro atoms. The number of pyridine rings is 1. The molecule has 1 N–H and O–H groups in total. The Kier molecular flexibility index (Phi) is 3.55. The second kappa shape index (κ2) is 5.65. The average molecular weight is 354 g/mol. The quantitative estimate of drug-likeness (QED) is 0.729. The van der Waals surface area contributed by atoms with E-state index in [0.29, 0.717) is 22.8 Å². The zero-order valence-corrected chi connectivity index (χ0v) is 13.9. The normalized spacial score (nSPS) is 17.5. The van der Waals surface area contributed by atoms with Crippen molar-refractivity contribution in [2.24, 2.45) is 0 Å². The molecule has 4 rings (SSSR count). The first kappa shape index (κ1) is 15.7. The maximum atomic E-state index is 13.1. The van der Waals surface area contributed by atoms with E-state index < -0.39 is 16.1 Å². The molecule has 1 atom stereocenters. The van der Waals surface area contributed by atoms with E-state index in [-0.39, 0.29) is 17.0 Å². The smallest absolute Gasteiger partial charge is 0.248 e. The summed E-state index contributed by atoms with van der Waals surface area (Å²) in [5, 5.41) is 0.611. The molecule has 6 nitrogen and oxygen atoms in total. The topological polar surface area (TPSA) is 87.3 Å². The van der Waals surface area contributed by atoms with Crippen molar-refractivity contribution in [1.82, 2.24) is 9.29 Å². The van der Waals surface area contributed by atoms with Gasteiger partial charge in [-0.25, -0.2) is 8.42 Å². The lowest BCUT2D eigenvalue weighted by atomic mass is 10.1. The van der Waals surface area contributed by atoms with Crippen molar-refractivity contribution in [3.8, 4) is 0 Å². The summed E-state index contributed by atoms with van der Waals surface area (Å²) in [4.78, 5) is 25.7. The minimum absolute atomic E-state index is 0.0895. The molecular weight excluding hydrogens is 340 g/mol. The molecule has 0 saturated heterocycles. The lowest BCUT2D eigenvalue weighted by molar-refractivity contribution is -0.110. The summed E-state index contributed by atoms with van der Waals surface area (Å²) < 4.78 is 27.4. The first-order chi connectivity index (χ1) is 12.0. The van der Waals surface area contributed by atoms with Gasteiger partial charge in [0.2, 0.25) is 15.6 Å². The fraction of sp³-hybridized carbons (Fsp3) is 0.111. The Morgan fingerprint density at radius 1 is 1.08 bits per heavy atom. The summed E-state index contributed by atoms with van der Waals surface area (Å²) in [5.74, 6) is 0. The number of carbonyl (C=O) groups is 1. The third kappa shape index (κ3) is 2.48. The molecule has 0 aliphatic carbocycles. The monoisotopic (exact) mass is 354 g/mol. The molecular formula is C18H14N2O4S.